The highest BCUT2D eigenvalue weighted by Gasteiger charge is 2.16. The van der Waals surface area contributed by atoms with Crippen molar-refractivity contribution in [2.75, 3.05) is 0 Å². The Kier molecular flexibility index (Phi) is 5.88. The van der Waals surface area contributed by atoms with Gasteiger partial charge < -0.3 is 9.73 Å². The summed E-state index contributed by atoms with van der Waals surface area (Å²) < 4.78 is 6.52. The number of hydrogen-bond donors (Lipinski definition) is 1. The Labute approximate surface area is 179 Å². The summed E-state index contributed by atoms with van der Waals surface area (Å²) in [4.78, 5) is 34.9. The lowest BCUT2D eigenvalue weighted by molar-refractivity contribution is -0.384. The average molecular weight is 423 g/mol. The van der Waals surface area contributed by atoms with Crippen LogP contribution in [0.2, 0.25) is 0 Å². The molecule has 1 heterocycles. The van der Waals surface area contributed by atoms with Crippen LogP contribution in [0, 0.1) is 10.1 Å². The largest absolute Gasteiger partial charge is 0.419 e. The molecule has 0 saturated heterocycles. The summed E-state index contributed by atoms with van der Waals surface area (Å²) in [6.07, 6.45) is 5.40. The topological polar surface area (TPSA) is 107 Å². The van der Waals surface area contributed by atoms with Gasteiger partial charge in [0.05, 0.1) is 22.5 Å². The predicted molar refractivity (Wildman–Crippen MR) is 116 cm³/mol. The van der Waals surface area contributed by atoms with E-state index in [9.17, 15) is 19.7 Å². The van der Waals surface area contributed by atoms with E-state index in [-0.39, 0.29) is 29.6 Å². The molecule has 1 aromatic heterocycles. The van der Waals surface area contributed by atoms with E-state index in [0.717, 1.165) is 18.4 Å². The third-order valence-corrected chi connectivity index (χ3v) is 5.90. The minimum atomic E-state index is -0.585. The Hall–Kier alpha value is -3.42. The van der Waals surface area contributed by atoms with Crippen molar-refractivity contribution < 1.29 is 14.1 Å². The molecule has 1 amide bonds. The monoisotopic (exact) mass is 423 g/mol. The molecular weight excluding hydrogens is 398 g/mol. The van der Waals surface area contributed by atoms with E-state index < -0.39 is 10.7 Å². The van der Waals surface area contributed by atoms with Crippen molar-refractivity contribution in [3.8, 4) is 0 Å². The van der Waals surface area contributed by atoms with E-state index in [1.807, 2.05) is 6.92 Å². The highest BCUT2D eigenvalue weighted by Crippen LogP contribution is 2.25. The number of aryl methyl sites for hydroxylation is 3. The number of fused-ring (bicyclic) bond motifs is 2. The van der Waals surface area contributed by atoms with Gasteiger partial charge in [0, 0.05) is 19.0 Å². The van der Waals surface area contributed by atoms with Gasteiger partial charge in [0.15, 0.2) is 5.58 Å². The Balaban J connectivity index is 1.35. The fourth-order valence-electron chi connectivity index (χ4n) is 4.20. The maximum Gasteiger partial charge on any atom is 0.419 e. The Bertz CT molecular complexity index is 1190. The number of nitrogens with zero attached hydrogens (tertiary/aromatic N) is 2. The molecule has 0 aliphatic heterocycles. The minimum Gasteiger partial charge on any atom is -0.407 e. The van der Waals surface area contributed by atoms with E-state index in [2.05, 4.69) is 23.5 Å². The number of carbonyl (C=O) groups is 1. The molecule has 8 nitrogen and oxygen atoms in total. The molecule has 0 spiro atoms. The van der Waals surface area contributed by atoms with Gasteiger partial charge >= 0.3 is 5.76 Å². The normalized spacial score (nSPS) is 14.2. The van der Waals surface area contributed by atoms with Gasteiger partial charge in [-0.05, 0) is 61.8 Å². The third kappa shape index (κ3) is 4.52. The van der Waals surface area contributed by atoms with Crippen LogP contribution in [0.4, 0.5) is 5.69 Å². The highest BCUT2D eigenvalue weighted by atomic mass is 16.6. The van der Waals surface area contributed by atoms with E-state index in [1.54, 1.807) is 0 Å². The van der Waals surface area contributed by atoms with Crippen molar-refractivity contribution in [1.29, 1.82) is 0 Å². The van der Waals surface area contributed by atoms with Gasteiger partial charge in [-0.3, -0.25) is 19.5 Å². The Morgan fingerprint density at radius 1 is 1.19 bits per heavy atom. The highest BCUT2D eigenvalue weighted by molar-refractivity contribution is 5.77. The first kappa shape index (κ1) is 20.8. The van der Waals surface area contributed by atoms with Crippen LogP contribution in [0.15, 0.2) is 45.6 Å². The molecule has 1 aliphatic carbocycles. The number of non-ortho nitro benzene ring substituents is 1. The van der Waals surface area contributed by atoms with Crippen molar-refractivity contribution in [2.24, 2.45) is 0 Å². The van der Waals surface area contributed by atoms with E-state index in [4.69, 9.17) is 4.42 Å². The summed E-state index contributed by atoms with van der Waals surface area (Å²) in [6, 6.07) is 10.4. The molecule has 1 atom stereocenters. The zero-order valence-electron chi connectivity index (χ0n) is 17.4. The molecule has 3 aromatic rings. The van der Waals surface area contributed by atoms with Crippen LogP contribution in [0.25, 0.3) is 11.1 Å². The van der Waals surface area contributed by atoms with Crippen molar-refractivity contribution in [3.63, 3.8) is 0 Å². The van der Waals surface area contributed by atoms with Crippen molar-refractivity contribution in [3.05, 3.63) is 73.8 Å². The standard InChI is InChI=1S/C23H25N3O5/c1-15(17-9-8-16-5-2-3-6-18(16)13-17)24-22(27)7-4-12-25-20-11-10-19(26(29)30)14-21(20)31-23(25)28/h8-11,13-15H,2-7,12H2,1H3,(H,24,27)/t15-/m0/s1. The van der Waals surface area contributed by atoms with Crippen molar-refractivity contribution in [1.82, 2.24) is 9.88 Å². The second kappa shape index (κ2) is 8.75. The summed E-state index contributed by atoms with van der Waals surface area (Å²) in [6.45, 7) is 2.27. The molecule has 8 heteroatoms. The summed E-state index contributed by atoms with van der Waals surface area (Å²) >= 11 is 0. The number of hydrogen-bond acceptors (Lipinski definition) is 5. The number of benzene rings is 2. The van der Waals surface area contributed by atoms with Crippen molar-refractivity contribution >= 4 is 22.7 Å². The first-order valence-electron chi connectivity index (χ1n) is 10.6. The van der Waals surface area contributed by atoms with Gasteiger partial charge in [0.25, 0.3) is 5.69 Å². The predicted octanol–water partition coefficient (Wildman–Crippen LogP) is 4.04. The average Bonchev–Trinajstić information content (AvgIpc) is 3.07. The van der Waals surface area contributed by atoms with Gasteiger partial charge in [-0.25, -0.2) is 4.79 Å². The molecule has 0 radical (unpaired) electrons. The number of carbonyl (C=O) groups excluding carboxylic acids is 1. The van der Waals surface area contributed by atoms with Gasteiger partial charge in [0.1, 0.15) is 0 Å². The summed E-state index contributed by atoms with van der Waals surface area (Å²) in [5, 5.41) is 13.9. The van der Waals surface area contributed by atoms with E-state index in [0.29, 0.717) is 18.5 Å². The first-order chi connectivity index (χ1) is 14.9. The molecule has 0 unspecified atom stereocenters. The molecule has 0 saturated carbocycles. The molecule has 0 bridgehead atoms. The number of nitro benzene ring substituents is 1. The number of aromatic nitrogens is 1. The quantitative estimate of drug-likeness (QED) is 0.456. The lowest BCUT2D eigenvalue weighted by atomic mass is 9.89. The minimum absolute atomic E-state index is 0.0818. The van der Waals surface area contributed by atoms with Gasteiger partial charge in [-0.1, -0.05) is 18.2 Å². The van der Waals surface area contributed by atoms with E-state index in [1.165, 1.54) is 46.7 Å². The van der Waals surface area contributed by atoms with Crippen LogP contribution in [-0.4, -0.2) is 15.4 Å². The SMILES string of the molecule is C[C@H](NC(=O)CCCn1c(=O)oc2cc([N+](=O)[O-])ccc21)c1ccc2c(c1)CCCC2. The van der Waals surface area contributed by atoms with Crippen LogP contribution in [0.5, 0.6) is 0 Å². The zero-order valence-corrected chi connectivity index (χ0v) is 17.4. The number of amides is 1. The molecule has 31 heavy (non-hydrogen) atoms. The maximum absolute atomic E-state index is 12.4. The molecule has 1 aliphatic rings. The van der Waals surface area contributed by atoms with Gasteiger partial charge in [-0.15, -0.1) is 0 Å². The molecule has 2 aromatic carbocycles. The van der Waals surface area contributed by atoms with Crippen LogP contribution in [0.1, 0.15) is 55.3 Å². The van der Waals surface area contributed by atoms with Crippen molar-refractivity contribution in [2.45, 2.75) is 58.0 Å². The zero-order chi connectivity index (χ0) is 22.0. The van der Waals surface area contributed by atoms with Gasteiger partial charge in [0.2, 0.25) is 5.91 Å². The molecule has 4 rings (SSSR count). The lowest BCUT2D eigenvalue weighted by Crippen LogP contribution is -2.27. The summed E-state index contributed by atoms with van der Waals surface area (Å²) in [5.41, 5.74) is 4.42. The molecular formula is C23H25N3O5. The van der Waals surface area contributed by atoms with Crippen LogP contribution in [0.3, 0.4) is 0 Å². The number of nitro groups is 1. The van der Waals surface area contributed by atoms with Gasteiger partial charge in [-0.2, -0.15) is 0 Å². The van der Waals surface area contributed by atoms with Crippen LogP contribution in [-0.2, 0) is 24.2 Å². The Morgan fingerprint density at radius 2 is 1.97 bits per heavy atom. The smallest absolute Gasteiger partial charge is 0.407 e. The number of rotatable bonds is 7. The first-order valence-corrected chi connectivity index (χ1v) is 10.6. The maximum atomic E-state index is 12.4. The molecule has 0 fully saturated rings. The third-order valence-electron chi connectivity index (χ3n) is 5.90. The molecule has 1 N–H and O–H groups in total. The fourth-order valence-corrected chi connectivity index (χ4v) is 4.20. The summed E-state index contributed by atoms with van der Waals surface area (Å²) in [7, 11) is 0. The fraction of sp³-hybridized carbons (Fsp3) is 0.391. The van der Waals surface area contributed by atoms with Crippen LogP contribution < -0.4 is 11.1 Å². The van der Waals surface area contributed by atoms with E-state index >= 15 is 0 Å². The second-order valence-electron chi connectivity index (χ2n) is 8.06. The number of oxazole rings is 1. The van der Waals surface area contributed by atoms with Crippen LogP contribution >= 0.6 is 0 Å². The summed E-state index contributed by atoms with van der Waals surface area (Å²) in [5.74, 6) is -0.667. The molecule has 162 valence electrons. The lowest BCUT2D eigenvalue weighted by Gasteiger charge is -2.20. The number of nitrogens with one attached hydrogen (secondary N) is 1. The second-order valence-corrected chi connectivity index (χ2v) is 8.06. The Morgan fingerprint density at radius 3 is 2.74 bits per heavy atom.